The van der Waals surface area contributed by atoms with Crippen molar-refractivity contribution in [1.82, 2.24) is 4.90 Å². The molecule has 0 atom stereocenters. The number of nitro benzene ring substituents is 1. The van der Waals surface area contributed by atoms with E-state index in [1.807, 2.05) is 13.8 Å². The highest BCUT2D eigenvalue weighted by atomic mass is 16.6. The molecule has 0 unspecified atom stereocenters. The molecular weight excluding hydrogens is 464 g/mol. The molecule has 0 aliphatic carbocycles. The molecular formula is C26H28N4O6. The topological polar surface area (TPSA) is 145 Å². The second kappa shape index (κ2) is 9.77. The van der Waals surface area contributed by atoms with E-state index in [0.29, 0.717) is 17.4 Å². The van der Waals surface area contributed by atoms with E-state index in [9.17, 15) is 29.8 Å². The first-order valence-electron chi connectivity index (χ1n) is 11.5. The molecule has 0 saturated heterocycles. The van der Waals surface area contributed by atoms with Gasteiger partial charge >= 0.3 is 5.97 Å². The number of fused-ring (bicyclic) bond motifs is 1. The van der Waals surface area contributed by atoms with Crippen molar-refractivity contribution in [3.05, 3.63) is 68.4 Å². The standard InChI is InChI=1S/C26H28N4O6/c1-15(2)10-11-28-21-8-6-17(30(35)36)12-20(21)26(4,5)22(28)9-7-18-16(3)19(13-27)25(34)29(24(18)33)14-23(31)32/h6-9,12,15H,10-11,14H2,1-5H3,(H,31,32)/b18-7-,22-9+. The Morgan fingerprint density at radius 2 is 1.89 bits per heavy atom. The van der Waals surface area contributed by atoms with Crippen LogP contribution in [0.3, 0.4) is 0 Å². The van der Waals surface area contributed by atoms with Crippen molar-refractivity contribution in [1.29, 1.82) is 5.26 Å². The van der Waals surface area contributed by atoms with Gasteiger partial charge in [0.2, 0.25) is 0 Å². The molecule has 2 aliphatic rings. The zero-order valence-corrected chi connectivity index (χ0v) is 20.9. The van der Waals surface area contributed by atoms with E-state index >= 15 is 0 Å². The lowest BCUT2D eigenvalue weighted by Gasteiger charge is -2.28. The predicted octanol–water partition coefficient (Wildman–Crippen LogP) is 3.84. The Labute approximate surface area is 208 Å². The summed E-state index contributed by atoms with van der Waals surface area (Å²) in [5, 5.41) is 30.0. The van der Waals surface area contributed by atoms with Crippen LogP contribution in [-0.4, -0.2) is 45.8 Å². The predicted molar refractivity (Wildman–Crippen MR) is 132 cm³/mol. The number of hydrogen-bond acceptors (Lipinski definition) is 7. The van der Waals surface area contributed by atoms with Gasteiger partial charge in [0.15, 0.2) is 0 Å². The minimum Gasteiger partial charge on any atom is -0.480 e. The molecule has 1 N–H and O–H groups in total. The molecule has 10 nitrogen and oxygen atoms in total. The summed E-state index contributed by atoms with van der Waals surface area (Å²) < 4.78 is 0. The molecule has 0 saturated carbocycles. The zero-order chi connectivity index (χ0) is 26.9. The Bertz CT molecular complexity index is 1300. The molecule has 2 heterocycles. The van der Waals surface area contributed by atoms with Crippen LogP contribution in [-0.2, 0) is 19.8 Å². The van der Waals surface area contributed by atoms with Gasteiger partial charge in [0.25, 0.3) is 17.5 Å². The number of amides is 2. The SMILES string of the molecule is CC1=C(C#N)C(=O)N(CC(=O)O)C(=O)/C1=C\C=C1\N(CCC(C)C)c2ccc([N+](=O)[O-])cc2C1(C)C. The van der Waals surface area contributed by atoms with E-state index in [1.165, 1.54) is 19.1 Å². The first kappa shape index (κ1) is 26.3. The summed E-state index contributed by atoms with van der Waals surface area (Å²) in [6, 6.07) is 6.53. The summed E-state index contributed by atoms with van der Waals surface area (Å²) in [6.07, 6.45) is 4.06. The van der Waals surface area contributed by atoms with Gasteiger partial charge in [0.1, 0.15) is 18.2 Å². The van der Waals surface area contributed by atoms with Crippen LogP contribution in [0.5, 0.6) is 0 Å². The van der Waals surface area contributed by atoms with Crippen molar-refractivity contribution in [2.24, 2.45) is 5.92 Å². The highest BCUT2D eigenvalue weighted by molar-refractivity contribution is 6.19. The maximum atomic E-state index is 13.1. The number of allylic oxidation sites excluding steroid dienone is 3. The summed E-state index contributed by atoms with van der Waals surface area (Å²) in [7, 11) is 0. The lowest BCUT2D eigenvalue weighted by atomic mass is 9.83. The van der Waals surface area contributed by atoms with Gasteiger partial charge in [-0.1, -0.05) is 27.7 Å². The molecule has 0 radical (unpaired) electrons. The first-order valence-corrected chi connectivity index (χ1v) is 11.5. The Morgan fingerprint density at radius 3 is 2.44 bits per heavy atom. The molecule has 188 valence electrons. The van der Waals surface area contributed by atoms with E-state index in [1.54, 1.807) is 24.3 Å². The molecule has 2 amide bonds. The maximum Gasteiger partial charge on any atom is 0.323 e. The third-order valence-corrected chi connectivity index (χ3v) is 6.54. The zero-order valence-electron chi connectivity index (χ0n) is 20.9. The number of nitro groups is 1. The molecule has 0 fully saturated rings. The number of non-ortho nitro benzene ring substituents is 1. The largest absolute Gasteiger partial charge is 0.480 e. The van der Waals surface area contributed by atoms with Crippen LogP contribution in [0.4, 0.5) is 11.4 Å². The number of imide groups is 1. The number of carbonyl (C=O) groups is 3. The third-order valence-electron chi connectivity index (χ3n) is 6.54. The Morgan fingerprint density at radius 1 is 1.22 bits per heavy atom. The minimum atomic E-state index is -1.37. The lowest BCUT2D eigenvalue weighted by molar-refractivity contribution is -0.384. The summed E-state index contributed by atoms with van der Waals surface area (Å²) >= 11 is 0. The minimum absolute atomic E-state index is 0.0204. The number of hydrogen-bond donors (Lipinski definition) is 1. The number of rotatable bonds is 7. The summed E-state index contributed by atoms with van der Waals surface area (Å²) in [5.41, 5.74) is 1.64. The van der Waals surface area contributed by atoms with Crippen LogP contribution < -0.4 is 4.90 Å². The van der Waals surface area contributed by atoms with Gasteiger partial charge in [-0.05, 0) is 48.6 Å². The van der Waals surface area contributed by atoms with E-state index in [2.05, 4.69) is 18.7 Å². The summed E-state index contributed by atoms with van der Waals surface area (Å²) in [4.78, 5) is 50.4. The number of carboxylic acids is 1. The van der Waals surface area contributed by atoms with Crippen molar-refractivity contribution in [2.45, 2.75) is 46.5 Å². The van der Waals surface area contributed by atoms with Gasteiger partial charge in [-0.15, -0.1) is 0 Å². The van der Waals surface area contributed by atoms with Crippen LogP contribution in [0.25, 0.3) is 0 Å². The summed E-state index contributed by atoms with van der Waals surface area (Å²) in [6.45, 7) is 9.31. The van der Waals surface area contributed by atoms with Crippen LogP contribution >= 0.6 is 0 Å². The van der Waals surface area contributed by atoms with Gasteiger partial charge in [-0.3, -0.25) is 29.4 Å². The maximum absolute atomic E-state index is 13.1. The number of aliphatic carboxylic acids is 1. The lowest BCUT2D eigenvalue weighted by Crippen LogP contribution is -2.45. The van der Waals surface area contributed by atoms with Crippen LogP contribution in [0.15, 0.2) is 52.8 Å². The smallest absolute Gasteiger partial charge is 0.323 e. The van der Waals surface area contributed by atoms with E-state index < -0.39 is 34.7 Å². The Hall–Kier alpha value is -4.26. The summed E-state index contributed by atoms with van der Waals surface area (Å²) in [5.74, 6) is -2.71. The molecule has 1 aromatic rings. The van der Waals surface area contributed by atoms with Gasteiger partial charge in [0.05, 0.1) is 4.92 Å². The number of carboxylic acid groups (broad SMARTS) is 1. The van der Waals surface area contributed by atoms with E-state index in [-0.39, 0.29) is 22.4 Å². The van der Waals surface area contributed by atoms with Gasteiger partial charge in [0, 0.05) is 41.1 Å². The quantitative estimate of drug-likeness (QED) is 0.261. The van der Waals surface area contributed by atoms with Crippen LogP contribution in [0, 0.1) is 27.4 Å². The normalized spacial score (nSPS) is 19.4. The molecule has 3 rings (SSSR count). The van der Waals surface area contributed by atoms with Gasteiger partial charge in [-0.25, -0.2) is 0 Å². The molecule has 1 aromatic carbocycles. The molecule has 0 spiro atoms. The molecule has 36 heavy (non-hydrogen) atoms. The van der Waals surface area contributed by atoms with Crippen molar-refractivity contribution in [3.8, 4) is 6.07 Å². The Kier molecular flexibility index (Phi) is 7.15. The van der Waals surface area contributed by atoms with Crippen molar-refractivity contribution in [2.75, 3.05) is 18.0 Å². The molecule has 0 aromatic heterocycles. The molecule has 2 aliphatic heterocycles. The van der Waals surface area contributed by atoms with Gasteiger partial charge in [-0.2, -0.15) is 5.26 Å². The van der Waals surface area contributed by atoms with Crippen LogP contribution in [0.1, 0.15) is 46.6 Å². The van der Waals surface area contributed by atoms with Crippen molar-refractivity contribution >= 4 is 29.2 Å². The highest BCUT2D eigenvalue weighted by Gasteiger charge is 2.41. The van der Waals surface area contributed by atoms with Crippen molar-refractivity contribution < 1.29 is 24.4 Å². The fourth-order valence-corrected chi connectivity index (χ4v) is 4.50. The fourth-order valence-electron chi connectivity index (χ4n) is 4.50. The molecule has 10 heteroatoms. The number of nitriles is 1. The Balaban J connectivity index is 2.18. The third kappa shape index (κ3) is 4.64. The number of anilines is 1. The van der Waals surface area contributed by atoms with Gasteiger partial charge < -0.3 is 10.0 Å². The monoisotopic (exact) mass is 492 g/mol. The van der Waals surface area contributed by atoms with Crippen LogP contribution in [0.2, 0.25) is 0 Å². The van der Waals surface area contributed by atoms with E-state index in [4.69, 9.17) is 5.11 Å². The second-order valence-electron chi connectivity index (χ2n) is 9.75. The highest BCUT2D eigenvalue weighted by Crippen LogP contribution is 2.49. The van der Waals surface area contributed by atoms with E-state index in [0.717, 1.165) is 23.4 Å². The fraction of sp³-hybridized carbons (Fsp3) is 0.385. The number of nitrogens with zero attached hydrogens (tertiary/aromatic N) is 4. The molecule has 0 bridgehead atoms. The number of carbonyl (C=O) groups excluding carboxylic acids is 2. The average molecular weight is 493 g/mol. The first-order chi connectivity index (χ1) is 16.8. The number of benzene rings is 1. The average Bonchev–Trinajstić information content (AvgIpc) is 3.01. The second-order valence-corrected chi connectivity index (χ2v) is 9.75. The van der Waals surface area contributed by atoms with Crippen molar-refractivity contribution in [3.63, 3.8) is 0 Å².